The molecule has 2 atom stereocenters. The van der Waals surface area contributed by atoms with E-state index in [0.29, 0.717) is 23.6 Å². The molecule has 8 heteroatoms. The van der Waals surface area contributed by atoms with E-state index >= 15 is 0 Å². The second kappa shape index (κ2) is 7.09. The zero-order valence-corrected chi connectivity index (χ0v) is 15.8. The monoisotopic (exact) mass is 370 g/mol. The third-order valence-electron chi connectivity index (χ3n) is 5.24. The lowest BCUT2D eigenvalue weighted by atomic mass is 10.0. The molecule has 0 aromatic carbocycles. The molecule has 27 heavy (non-hydrogen) atoms. The van der Waals surface area contributed by atoms with Crippen molar-refractivity contribution in [1.82, 2.24) is 25.5 Å². The highest BCUT2D eigenvalue weighted by atomic mass is 16.5. The Bertz CT molecular complexity index is 816. The van der Waals surface area contributed by atoms with Gasteiger partial charge in [0.25, 0.3) is 0 Å². The molecular weight excluding hydrogens is 344 g/mol. The molecule has 0 spiro atoms. The quantitative estimate of drug-likeness (QED) is 0.614. The summed E-state index contributed by atoms with van der Waals surface area (Å²) in [4.78, 5) is 8.24. The van der Waals surface area contributed by atoms with Crippen molar-refractivity contribution in [3.05, 3.63) is 36.5 Å². The van der Waals surface area contributed by atoms with Crippen molar-refractivity contribution in [2.24, 2.45) is 0 Å². The number of hydrogen-bond donors (Lipinski definition) is 3. The summed E-state index contributed by atoms with van der Waals surface area (Å²) in [6.45, 7) is 6.22. The first kappa shape index (κ1) is 17.6. The van der Waals surface area contributed by atoms with E-state index in [9.17, 15) is 0 Å². The van der Waals surface area contributed by atoms with E-state index in [1.807, 2.05) is 6.07 Å². The van der Waals surface area contributed by atoms with Crippen LogP contribution in [0.5, 0.6) is 6.01 Å². The van der Waals surface area contributed by atoms with Gasteiger partial charge in [-0.2, -0.15) is 10.1 Å². The minimum atomic E-state index is 0.197. The summed E-state index contributed by atoms with van der Waals surface area (Å²) in [7, 11) is 1.54. The number of anilines is 2. The van der Waals surface area contributed by atoms with Gasteiger partial charge in [-0.05, 0) is 51.7 Å². The maximum Gasteiger partial charge on any atom is 0.318 e. The minimum Gasteiger partial charge on any atom is -0.476 e. The van der Waals surface area contributed by atoms with Gasteiger partial charge >= 0.3 is 6.01 Å². The van der Waals surface area contributed by atoms with Crippen LogP contribution >= 0.6 is 0 Å². The molecule has 2 aromatic heterocycles. The fraction of sp³-hybridized carbons (Fsp3) is 0.526. The molecule has 2 saturated carbocycles. The Morgan fingerprint density at radius 3 is 2.96 bits per heavy atom. The van der Waals surface area contributed by atoms with Crippen LogP contribution in [0.15, 0.2) is 30.8 Å². The molecule has 0 bridgehead atoms. The lowest BCUT2D eigenvalue weighted by molar-refractivity contribution is 0.102. The lowest BCUT2D eigenvalue weighted by Gasteiger charge is -2.20. The molecule has 0 radical (unpaired) electrons. The van der Waals surface area contributed by atoms with Crippen molar-refractivity contribution in [3.63, 3.8) is 0 Å². The van der Waals surface area contributed by atoms with Gasteiger partial charge in [-0.1, -0.05) is 0 Å². The first-order valence-electron chi connectivity index (χ1n) is 9.36. The largest absolute Gasteiger partial charge is 0.476 e. The molecule has 0 aliphatic heterocycles. The van der Waals surface area contributed by atoms with E-state index in [0.717, 1.165) is 30.8 Å². The van der Waals surface area contributed by atoms with Crippen LogP contribution in [0.3, 0.4) is 0 Å². The Kier molecular flexibility index (Phi) is 4.63. The Hall–Kier alpha value is -2.77. The first-order valence-corrected chi connectivity index (χ1v) is 9.36. The molecular formula is C19H26N6O2. The number of aromatic nitrogens is 4. The maximum atomic E-state index is 6.02. The molecule has 3 N–H and O–H groups in total. The van der Waals surface area contributed by atoms with Crippen LogP contribution < -0.4 is 15.4 Å². The summed E-state index contributed by atoms with van der Waals surface area (Å²) in [5, 5.41) is 14.0. The zero-order chi connectivity index (χ0) is 18.9. The van der Waals surface area contributed by atoms with Gasteiger partial charge in [0.1, 0.15) is 11.9 Å². The average Bonchev–Trinajstić information content (AvgIpc) is 3.02. The van der Waals surface area contributed by atoms with Crippen molar-refractivity contribution in [2.75, 3.05) is 12.4 Å². The number of rotatable bonds is 8. The van der Waals surface area contributed by atoms with Crippen molar-refractivity contribution >= 4 is 11.6 Å². The second-order valence-electron chi connectivity index (χ2n) is 7.62. The Morgan fingerprint density at radius 1 is 1.33 bits per heavy atom. The van der Waals surface area contributed by atoms with Gasteiger partial charge < -0.3 is 20.1 Å². The van der Waals surface area contributed by atoms with Gasteiger partial charge in [0, 0.05) is 29.4 Å². The van der Waals surface area contributed by atoms with Crippen molar-refractivity contribution < 1.29 is 9.47 Å². The van der Waals surface area contributed by atoms with Crippen LogP contribution in [0, 0.1) is 0 Å². The summed E-state index contributed by atoms with van der Waals surface area (Å²) in [5.74, 6) is 2.47. The zero-order valence-electron chi connectivity index (χ0n) is 15.8. The van der Waals surface area contributed by atoms with E-state index in [-0.39, 0.29) is 11.6 Å². The van der Waals surface area contributed by atoms with Gasteiger partial charge in [0.2, 0.25) is 0 Å². The average molecular weight is 370 g/mol. The first-order chi connectivity index (χ1) is 13.0. The fourth-order valence-corrected chi connectivity index (χ4v) is 3.46. The summed E-state index contributed by atoms with van der Waals surface area (Å²) < 4.78 is 11.1. The SMILES string of the molecule is C=C(NC1(C)CC1)O[C@@H]1CC[C@H](c2cc(Nc3ccnc(OC)n3)n[nH]2)C1. The fourth-order valence-electron chi connectivity index (χ4n) is 3.46. The smallest absolute Gasteiger partial charge is 0.318 e. The van der Waals surface area contributed by atoms with Gasteiger partial charge in [-0.15, -0.1) is 0 Å². The van der Waals surface area contributed by atoms with E-state index in [1.165, 1.54) is 12.8 Å². The van der Waals surface area contributed by atoms with Crippen LogP contribution in [0.2, 0.25) is 0 Å². The summed E-state index contributed by atoms with van der Waals surface area (Å²) >= 11 is 0. The number of nitrogens with one attached hydrogen (secondary N) is 3. The third kappa shape index (κ3) is 4.32. The molecule has 2 aromatic rings. The number of H-pyrrole nitrogens is 1. The highest BCUT2D eigenvalue weighted by Crippen LogP contribution is 2.38. The highest BCUT2D eigenvalue weighted by molar-refractivity contribution is 5.51. The van der Waals surface area contributed by atoms with Gasteiger partial charge in [0.15, 0.2) is 11.7 Å². The van der Waals surface area contributed by atoms with E-state index in [4.69, 9.17) is 9.47 Å². The molecule has 4 rings (SSSR count). The van der Waals surface area contributed by atoms with Gasteiger partial charge in [0.05, 0.1) is 7.11 Å². The van der Waals surface area contributed by atoms with E-state index < -0.39 is 0 Å². The predicted octanol–water partition coefficient (Wildman–Crippen LogP) is 3.22. The van der Waals surface area contributed by atoms with Crippen LogP contribution in [-0.4, -0.2) is 38.9 Å². The second-order valence-corrected chi connectivity index (χ2v) is 7.62. The Labute approximate surface area is 158 Å². The van der Waals surface area contributed by atoms with Crippen molar-refractivity contribution in [3.8, 4) is 6.01 Å². The standard InChI is InChI=1S/C19H26N6O2/c1-12(23-19(2)7-8-19)27-14-5-4-13(10-14)15-11-17(25-24-15)21-16-6-9-20-18(22-16)26-3/h6,9,11,13-14,23H,1,4-5,7-8,10H2,2-3H3,(H2,20,21,22,24,25)/t13-,14+/m0/s1. The Morgan fingerprint density at radius 2 is 2.19 bits per heavy atom. The molecule has 2 aliphatic rings. The molecule has 0 saturated heterocycles. The minimum absolute atomic E-state index is 0.197. The normalized spacial score (nSPS) is 22.9. The van der Waals surface area contributed by atoms with Gasteiger partial charge in [-0.3, -0.25) is 5.10 Å². The molecule has 0 unspecified atom stereocenters. The third-order valence-corrected chi connectivity index (χ3v) is 5.24. The number of methoxy groups -OCH3 is 1. The lowest BCUT2D eigenvalue weighted by Crippen LogP contribution is -2.29. The summed E-state index contributed by atoms with van der Waals surface area (Å²) in [5.41, 5.74) is 1.31. The van der Waals surface area contributed by atoms with Crippen LogP contribution in [-0.2, 0) is 4.74 Å². The molecule has 2 heterocycles. The van der Waals surface area contributed by atoms with Crippen LogP contribution in [0.4, 0.5) is 11.6 Å². The molecule has 144 valence electrons. The number of ether oxygens (including phenoxy) is 2. The molecule has 2 aliphatic carbocycles. The van der Waals surface area contributed by atoms with Crippen LogP contribution in [0.25, 0.3) is 0 Å². The topological polar surface area (TPSA) is 97.0 Å². The summed E-state index contributed by atoms with van der Waals surface area (Å²) in [6.07, 6.45) is 7.26. The number of hydrogen-bond acceptors (Lipinski definition) is 7. The summed E-state index contributed by atoms with van der Waals surface area (Å²) in [6, 6.07) is 4.12. The highest BCUT2D eigenvalue weighted by Gasteiger charge is 2.38. The maximum absolute atomic E-state index is 6.02. The number of nitrogens with zero attached hydrogens (tertiary/aromatic N) is 3. The molecule has 8 nitrogen and oxygen atoms in total. The Balaban J connectivity index is 1.31. The van der Waals surface area contributed by atoms with Crippen LogP contribution in [0.1, 0.15) is 50.6 Å². The van der Waals surface area contributed by atoms with Gasteiger partial charge in [-0.25, -0.2) is 4.98 Å². The molecule has 0 amide bonds. The predicted molar refractivity (Wildman–Crippen MR) is 102 cm³/mol. The van der Waals surface area contributed by atoms with Crippen molar-refractivity contribution in [2.45, 2.75) is 56.6 Å². The molecule has 2 fully saturated rings. The van der Waals surface area contributed by atoms with Crippen molar-refractivity contribution in [1.29, 1.82) is 0 Å². The van der Waals surface area contributed by atoms with E-state index in [2.05, 4.69) is 44.3 Å². The number of aromatic amines is 1. The van der Waals surface area contributed by atoms with E-state index in [1.54, 1.807) is 19.4 Å².